The first-order chi connectivity index (χ1) is 17.5. The van der Waals surface area contributed by atoms with Crippen molar-refractivity contribution in [1.82, 2.24) is 20.3 Å². The number of nitrogens with one attached hydrogen (secondary N) is 1. The van der Waals surface area contributed by atoms with Gasteiger partial charge in [0.25, 0.3) is 5.91 Å². The molecule has 4 rings (SSSR count). The predicted molar refractivity (Wildman–Crippen MR) is 136 cm³/mol. The van der Waals surface area contributed by atoms with Crippen molar-refractivity contribution in [1.29, 1.82) is 0 Å². The fourth-order valence-corrected chi connectivity index (χ4v) is 4.35. The number of aromatic nitrogens is 1. The van der Waals surface area contributed by atoms with Gasteiger partial charge in [-0.1, -0.05) is 29.4 Å². The molecule has 2 heterocycles. The quantitative estimate of drug-likeness (QED) is 0.433. The molecule has 0 radical (unpaired) electrons. The van der Waals surface area contributed by atoms with E-state index in [0.717, 1.165) is 28.5 Å². The number of methoxy groups -OCH3 is 1. The number of hydrogen-bond donors (Lipinski definition) is 1. The second-order valence-electron chi connectivity index (χ2n) is 9.05. The van der Waals surface area contributed by atoms with E-state index >= 15 is 0 Å². The molecular formula is C27H34N4O5. The van der Waals surface area contributed by atoms with Gasteiger partial charge in [0.15, 0.2) is 0 Å². The number of ether oxygens (including phenoxy) is 2. The molecule has 0 saturated carbocycles. The number of nitrogens with zero attached hydrogens (tertiary/aromatic N) is 3. The van der Waals surface area contributed by atoms with Gasteiger partial charge >= 0.3 is 0 Å². The lowest BCUT2D eigenvalue weighted by Crippen LogP contribution is -2.51. The van der Waals surface area contributed by atoms with E-state index in [4.69, 9.17) is 14.0 Å². The lowest BCUT2D eigenvalue weighted by Gasteiger charge is -2.34. The van der Waals surface area contributed by atoms with Crippen LogP contribution in [0.25, 0.3) is 10.8 Å². The zero-order valence-corrected chi connectivity index (χ0v) is 21.2. The number of amides is 2. The summed E-state index contributed by atoms with van der Waals surface area (Å²) in [5.41, 5.74) is 2.19. The van der Waals surface area contributed by atoms with Crippen molar-refractivity contribution >= 4 is 22.6 Å². The molecule has 2 amide bonds. The fourth-order valence-electron chi connectivity index (χ4n) is 4.35. The Kier molecular flexibility index (Phi) is 8.56. The van der Waals surface area contributed by atoms with Crippen LogP contribution in [-0.4, -0.2) is 79.8 Å². The largest absolute Gasteiger partial charge is 0.488 e. The van der Waals surface area contributed by atoms with Crippen LogP contribution < -0.4 is 10.1 Å². The molecular weight excluding hydrogens is 460 g/mol. The Labute approximate surface area is 211 Å². The number of hydrogen-bond acceptors (Lipinski definition) is 7. The highest BCUT2D eigenvalue weighted by atomic mass is 16.5. The topological polar surface area (TPSA) is 97.1 Å². The summed E-state index contributed by atoms with van der Waals surface area (Å²) in [4.78, 5) is 29.7. The maximum Gasteiger partial charge on any atom is 0.257 e. The van der Waals surface area contributed by atoms with Crippen molar-refractivity contribution in [3.63, 3.8) is 0 Å². The van der Waals surface area contributed by atoms with Crippen LogP contribution in [0.4, 0.5) is 0 Å². The zero-order chi connectivity index (χ0) is 25.5. The van der Waals surface area contributed by atoms with Gasteiger partial charge in [0.2, 0.25) is 5.91 Å². The normalized spacial score (nSPS) is 14.2. The van der Waals surface area contributed by atoms with Gasteiger partial charge in [-0.2, -0.15) is 0 Å². The Morgan fingerprint density at radius 3 is 2.47 bits per heavy atom. The molecule has 3 aromatic rings. The highest BCUT2D eigenvalue weighted by Crippen LogP contribution is 2.29. The molecule has 1 saturated heterocycles. The molecule has 1 aromatic heterocycles. The zero-order valence-electron chi connectivity index (χ0n) is 21.2. The summed E-state index contributed by atoms with van der Waals surface area (Å²) >= 11 is 0. The summed E-state index contributed by atoms with van der Waals surface area (Å²) in [7, 11) is 1.65. The minimum absolute atomic E-state index is 0.00424. The second-order valence-corrected chi connectivity index (χ2v) is 9.05. The number of aryl methyl sites for hydroxylation is 2. The van der Waals surface area contributed by atoms with Gasteiger partial charge in [-0.05, 0) is 43.2 Å². The first-order valence-electron chi connectivity index (χ1n) is 12.3. The average Bonchev–Trinajstić information content (AvgIpc) is 3.21. The number of fused-ring (bicyclic) bond motifs is 1. The van der Waals surface area contributed by atoms with Crippen molar-refractivity contribution in [2.75, 3.05) is 53.0 Å². The molecule has 0 aliphatic carbocycles. The molecule has 9 heteroatoms. The van der Waals surface area contributed by atoms with Gasteiger partial charge in [-0.3, -0.25) is 14.5 Å². The lowest BCUT2D eigenvalue weighted by molar-refractivity contribution is -0.122. The summed E-state index contributed by atoms with van der Waals surface area (Å²) in [5, 5.41) is 8.89. The summed E-state index contributed by atoms with van der Waals surface area (Å²) in [6, 6.07) is 11.7. The van der Waals surface area contributed by atoms with Crippen molar-refractivity contribution in [3.05, 3.63) is 59.0 Å². The van der Waals surface area contributed by atoms with Gasteiger partial charge in [-0.25, -0.2) is 0 Å². The Hall–Kier alpha value is -3.43. The summed E-state index contributed by atoms with van der Waals surface area (Å²) in [6.45, 7) is 7.93. The van der Waals surface area contributed by atoms with Crippen LogP contribution in [0.2, 0.25) is 0 Å². The molecule has 0 atom stereocenters. The SMILES string of the molecule is COCCCNC(=O)CN1CCN(C(=O)c2cc3ccccc3cc2OCc2c(C)noc2C)CC1. The molecule has 192 valence electrons. The fraction of sp³-hybridized carbons (Fsp3) is 0.444. The van der Waals surface area contributed by atoms with Crippen LogP contribution in [0.3, 0.4) is 0 Å². The molecule has 1 N–H and O–H groups in total. The Morgan fingerprint density at radius 2 is 1.81 bits per heavy atom. The maximum atomic E-state index is 13.6. The van der Waals surface area contributed by atoms with Crippen molar-refractivity contribution in [2.45, 2.75) is 26.9 Å². The van der Waals surface area contributed by atoms with E-state index in [1.54, 1.807) is 7.11 Å². The second kappa shape index (κ2) is 12.0. The van der Waals surface area contributed by atoms with E-state index in [1.165, 1.54) is 0 Å². The lowest BCUT2D eigenvalue weighted by atomic mass is 10.0. The minimum Gasteiger partial charge on any atom is -0.488 e. The van der Waals surface area contributed by atoms with E-state index in [1.807, 2.05) is 55.1 Å². The highest BCUT2D eigenvalue weighted by molar-refractivity contribution is 6.01. The summed E-state index contributed by atoms with van der Waals surface area (Å²) in [5.74, 6) is 1.17. The van der Waals surface area contributed by atoms with Gasteiger partial charge in [0.1, 0.15) is 18.1 Å². The molecule has 1 aliphatic rings. The summed E-state index contributed by atoms with van der Waals surface area (Å²) in [6.07, 6.45) is 0.789. The molecule has 9 nitrogen and oxygen atoms in total. The van der Waals surface area contributed by atoms with Crippen LogP contribution >= 0.6 is 0 Å². The first-order valence-corrected chi connectivity index (χ1v) is 12.3. The Balaban J connectivity index is 1.42. The summed E-state index contributed by atoms with van der Waals surface area (Å²) < 4.78 is 16.4. The number of rotatable bonds is 10. The van der Waals surface area contributed by atoms with E-state index < -0.39 is 0 Å². The molecule has 36 heavy (non-hydrogen) atoms. The number of piperazine rings is 1. The first kappa shape index (κ1) is 25.7. The molecule has 0 unspecified atom stereocenters. The minimum atomic E-state index is -0.0711. The van der Waals surface area contributed by atoms with E-state index in [9.17, 15) is 9.59 Å². The average molecular weight is 495 g/mol. The third-order valence-electron chi connectivity index (χ3n) is 6.51. The van der Waals surface area contributed by atoms with Crippen molar-refractivity contribution in [3.8, 4) is 5.75 Å². The Morgan fingerprint density at radius 1 is 1.08 bits per heavy atom. The van der Waals surface area contributed by atoms with Crippen LogP contribution in [-0.2, 0) is 16.1 Å². The van der Waals surface area contributed by atoms with Gasteiger partial charge in [0, 0.05) is 46.4 Å². The molecule has 1 aliphatic heterocycles. The van der Waals surface area contributed by atoms with Gasteiger partial charge < -0.3 is 24.2 Å². The van der Waals surface area contributed by atoms with Crippen LogP contribution in [0.15, 0.2) is 40.9 Å². The predicted octanol–water partition coefficient (Wildman–Crippen LogP) is 2.93. The number of carbonyl (C=O) groups excluding carboxylic acids is 2. The molecule has 1 fully saturated rings. The van der Waals surface area contributed by atoms with Crippen molar-refractivity contribution < 1.29 is 23.6 Å². The molecule has 0 bridgehead atoms. The standard InChI is InChI=1S/C27H34N4O5/c1-19-24(20(2)36-29-19)18-35-25-16-22-8-5-4-7-21(22)15-23(25)27(33)31-12-10-30(11-13-31)17-26(32)28-9-6-14-34-3/h4-5,7-8,15-16H,6,9-14,17-18H2,1-3H3,(H,28,32). The smallest absolute Gasteiger partial charge is 0.257 e. The van der Waals surface area contributed by atoms with Gasteiger partial charge in [0.05, 0.1) is 23.4 Å². The van der Waals surface area contributed by atoms with E-state index in [-0.39, 0.29) is 18.4 Å². The van der Waals surface area contributed by atoms with Crippen molar-refractivity contribution in [2.24, 2.45) is 0 Å². The third kappa shape index (κ3) is 6.22. The third-order valence-corrected chi connectivity index (χ3v) is 6.51. The number of benzene rings is 2. The Bertz CT molecular complexity index is 1180. The highest BCUT2D eigenvalue weighted by Gasteiger charge is 2.26. The molecule has 2 aromatic carbocycles. The van der Waals surface area contributed by atoms with E-state index in [0.29, 0.717) is 62.9 Å². The monoisotopic (exact) mass is 494 g/mol. The number of carbonyl (C=O) groups is 2. The van der Waals surface area contributed by atoms with E-state index in [2.05, 4.69) is 15.4 Å². The van der Waals surface area contributed by atoms with Crippen LogP contribution in [0.5, 0.6) is 5.75 Å². The maximum absolute atomic E-state index is 13.6. The van der Waals surface area contributed by atoms with Gasteiger partial charge in [-0.15, -0.1) is 0 Å². The van der Waals surface area contributed by atoms with Crippen LogP contribution in [0.1, 0.15) is 33.8 Å². The van der Waals surface area contributed by atoms with Crippen LogP contribution in [0, 0.1) is 13.8 Å². The molecule has 0 spiro atoms.